The topological polar surface area (TPSA) is 103 Å². The van der Waals surface area contributed by atoms with Gasteiger partial charge in [0.05, 0.1) is 7.11 Å². The number of nitrogens with zero attached hydrogens (tertiary/aromatic N) is 4. The molecule has 1 amide bonds. The highest BCUT2D eigenvalue weighted by molar-refractivity contribution is 6.09. The van der Waals surface area contributed by atoms with Gasteiger partial charge in [0, 0.05) is 42.7 Å². The Bertz CT molecular complexity index is 1300. The second kappa shape index (κ2) is 8.12. The lowest BCUT2D eigenvalue weighted by molar-refractivity contribution is -0.129. The number of amides is 1. The maximum Gasteiger partial charge on any atom is 0.354 e. The van der Waals surface area contributed by atoms with Gasteiger partial charge in [-0.2, -0.15) is 4.39 Å². The van der Waals surface area contributed by atoms with Gasteiger partial charge < -0.3 is 15.0 Å². The minimum absolute atomic E-state index is 0.0534. The molecule has 1 aliphatic heterocycles. The summed E-state index contributed by atoms with van der Waals surface area (Å²) in [4.78, 5) is 35.0. The van der Waals surface area contributed by atoms with Gasteiger partial charge in [-0.3, -0.25) is 9.69 Å². The maximum absolute atomic E-state index is 14.8. The van der Waals surface area contributed by atoms with Crippen LogP contribution in [-0.4, -0.2) is 46.4 Å². The van der Waals surface area contributed by atoms with Crippen LogP contribution in [0, 0.1) is 11.8 Å². The Morgan fingerprint density at radius 2 is 1.94 bits per heavy atom. The monoisotopic (exact) mass is 453 g/mol. The molecule has 10 heteroatoms. The summed E-state index contributed by atoms with van der Waals surface area (Å²) in [6.45, 7) is 2.24. The third kappa shape index (κ3) is 3.34. The first-order chi connectivity index (χ1) is 15.7. The average Bonchev–Trinajstić information content (AvgIpc) is 3.35. The molecule has 8 nitrogen and oxygen atoms in total. The number of rotatable bonds is 5. The number of hydrogen-bond donors (Lipinski definition) is 1. The number of esters is 1. The van der Waals surface area contributed by atoms with Crippen LogP contribution in [0.5, 0.6) is 0 Å². The van der Waals surface area contributed by atoms with E-state index in [2.05, 4.69) is 9.98 Å². The van der Waals surface area contributed by atoms with Gasteiger partial charge >= 0.3 is 5.97 Å². The van der Waals surface area contributed by atoms with Crippen molar-refractivity contribution in [2.24, 2.45) is 10.7 Å². The summed E-state index contributed by atoms with van der Waals surface area (Å²) in [5, 5.41) is 0. The minimum atomic E-state index is -1.71. The van der Waals surface area contributed by atoms with Crippen LogP contribution in [0.2, 0.25) is 0 Å². The Hall–Kier alpha value is -4.08. The van der Waals surface area contributed by atoms with Crippen LogP contribution in [0.3, 0.4) is 0 Å². The lowest BCUT2D eigenvalue weighted by Crippen LogP contribution is -2.41. The van der Waals surface area contributed by atoms with Gasteiger partial charge in [-0.1, -0.05) is 6.07 Å². The van der Waals surface area contributed by atoms with E-state index in [1.807, 2.05) is 6.92 Å². The molecule has 0 saturated heterocycles. The molecular weight excluding hydrogens is 432 g/mol. The number of ether oxygens (including phenoxy) is 1. The summed E-state index contributed by atoms with van der Waals surface area (Å²) in [7, 11) is 2.72. The highest BCUT2D eigenvalue weighted by atomic mass is 19.1. The van der Waals surface area contributed by atoms with Crippen molar-refractivity contribution in [2.45, 2.75) is 19.0 Å². The molecule has 0 radical (unpaired) electrons. The number of nitrogens with two attached hydrogens (primary N) is 1. The molecule has 0 fully saturated rings. The molecule has 2 N–H and O–H groups in total. The minimum Gasteiger partial charge on any atom is -0.464 e. The molecule has 1 aromatic carbocycles. The van der Waals surface area contributed by atoms with E-state index in [0.29, 0.717) is 12.1 Å². The van der Waals surface area contributed by atoms with E-state index in [0.717, 1.165) is 6.07 Å². The van der Waals surface area contributed by atoms with Crippen molar-refractivity contribution < 1.29 is 23.1 Å². The fourth-order valence-corrected chi connectivity index (χ4v) is 3.97. The molecule has 2 aromatic heterocycles. The molecule has 0 unspecified atom stereocenters. The standard InChI is InChI=1S/C23H21F2N5O3/c1-4-30-12-14(11-18(30)20(31)33-3)23(21(32)29(2)22(26)28-23)13-7-8-17(24)16(10-13)15-6-5-9-27-19(15)25/h5-12H,4H2,1-3H3,(H2,26,28)/t23-/m0/s1. The van der Waals surface area contributed by atoms with Crippen LogP contribution in [0.25, 0.3) is 11.1 Å². The van der Waals surface area contributed by atoms with Crippen molar-refractivity contribution in [3.05, 3.63) is 77.4 Å². The summed E-state index contributed by atoms with van der Waals surface area (Å²) < 4.78 is 35.6. The summed E-state index contributed by atoms with van der Waals surface area (Å²) in [6, 6.07) is 8.24. The molecule has 3 aromatic rings. The molecule has 4 rings (SSSR count). The Morgan fingerprint density at radius 3 is 2.55 bits per heavy atom. The van der Waals surface area contributed by atoms with E-state index in [1.54, 1.807) is 10.8 Å². The van der Waals surface area contributed by atoms with Crippen LogP contribution in [0.4, 0.5) is 8.78 Å². The molecule has 170 valence electrons. The van der Waals surface area contributed by atoms with Gasteiger partial charge in [-0.05, 0) is 42.8 Å². The number of aryl methyl sites for hydroxylation is 1. The first kappa shape index (κ1) is 22.1. The predicted octanol–water partition coefficient (Wildman–Crippen LogP) is 2.67. The third-order valence-electron chi connectivity index (χ3n) is 5.72. The number of likely N-dealkylation sites (N-methyl/N-ethyl adjacent to an activating group) is 1. The highest BCUT2D eigenvalue weighted by Gasteiger charge is 2.50. The second-order valence-corrected chi connectivity index (χ2v) is 7.47. The highest BCUT2D eigenvalue weighted by Crippen LogP contribution is 2.42. The van der Waals surface area contributed by atoms with E-state index in [4.69, 9.17) is 10.5 Å². The van der Waals surface area contributed by atoms with E-state index < -0.39 is 29.2 Å². The number of benzene rings is 1. The first-order valence-corrected chi connectivity index (χ1v) is 10.1. The molecule has 1 aliphatic rings. The van der Waals surface area contributed by atoms with Crippen molar-refractivity contribution in [2.75, 3.05) is 14.2 Å². The molecular formula is C23H21F2N5O3. The summed E-state index contributed by atoms with van der Waals surface area (Å²) >= 11 is 0. The lowest BCUT2D eigenvalue weighted by atomic mass is 9.82. The first-order valence-electron chi connectivity index (χ1n) is 10.1. The zero-order valence-corrected chi connectivity index (χ0v) is 18.2. The summed E-state index contributed by atoms with van der Waals surface area (Å²) in [6.07, 6.45) is 2.86. The lowest BCUT2D eigenvalue weighted by Gasteiger charge is -2.25. The third-order valence-corrected chi connectivity index (χ3v) is 5.72. The van der Waals surface area contributed by atoms with Crippen molar-refractivity contribution in [1.29, 1.82) is 0 Å². The van der Waals surface area contributed by atoms with Crippen LogP contribution in [0.15, 0.2) is 53.8 Å². The van der Waals surface area contributed by atoms with Crippen molar-refractivity contribution >= 4 is 17.8 Å². The normalized spacial score (nSPS) is 17.9. The van der Waals surface area contributed by atoms with E-state index in [9.17, 15) is 18.4 Å². The van der Waals surface area contributed by atoms with Crippen molar-refractivity contribution in [1.82, 2.24) is 14.5 Å². The molecule has 0 bridgehead atoms. The second-order valence-electron chi connectivity index (χ2n) is 7.47. The number of hydrogen-bond acceptors (Lipinski definition) is 6. The maximum atomic E-state index is 14.8. The SMILES string of the molecule is CCn1cc([C@]2(c3ccc(F)c(-c4cccnc4F)c3)N=C(N)N(C)C2=O)cc1C(=O)OC. The zero-order valence-electron chi connectivity index (χ0n) is 18.2. The zero-order chi connectivity index (χ0) is 23.9. The quantitative estimate of drug-likeness (QED) is 0.473. The van der Waals surface area contributed by atoms with E-state index in [1.165, 1.54) is 55.6 Å². The fraction of sp³-hybridized carbons (Fsp3) is 0.217. The Labute approximate surface area is 188 Å². The van der Waals surface area contributed by atoms with Crippen LogP contribution in [0.1, 0.15) is 28.5 Å². The van der Waals surface area contributed by atoms with Crippen LogP contribution >= 0.6 is 0 Å². The van der Waals surface area contributed by atoms with Gasteiger partial charge in [0.25, 0.3) is 5.91 Å². The smallest absolute Gasteiger partial charge is 0.354 e. The number of aliphatic imine (C=N–C) groups is 1. The number of halogens is 2. The molecule has 1 atom stereocenters. The number of aromatic nitrogens is 2. The predicted molar refractivity (Wildman–Crippen MR) is 116 cm³/mol. The molecule has 3 heterocycles. The van der Waals surface area contributed by atoms with Crippen LogP contribution in [-0.2, 0) is 21.6 Å². The Balaban J connectivity index is 2.00. The van der Waals surface area contributed by atoms with E-state index >= 15 is 0 Å². The van der Waals surface area contributed by atoms with Gasteiger partial charge in [-0.15, -0.1) is 0 Å². The number of carbonyl (C=O) groups is 2. The molecule has 0 saturated carbocycles. The molecule has 0 spiro atoms. The largest absolute Gasteiger partial charge is 0.464 e. The Kier molecular flexibility index (Phi) is 5.44. The van der Waals surface area contributed by atoms with E-state index in [-0.39, 0.29) is 28.3 Å². The van der Waals surface area contributed by atoms with Crippen LogP contribution < -0.4 is 5.73 Å². The summed E-state index contributed by atoms with van der Waals surface area (Å²) in [5.41, 5.74) is 4.95. The average molecular weight is 453 g/mol. The number of pyridine rings is 1. The van der Waals surface area contributed by atoms with Crippen molar-refractivity contribution in [3.8, 4) is 11.1 Å². The summed E-state index contributed by atoms with van der Waals surface area (Å²) in [5.74, 6) is -2.70. The number of methoxy groups -OCH3 is 1. The van der Waals surface area contributed by atoms with Gasteiger partial charge in [0.1, 0.15) is 11.5 Å². The van der Waals surface area contributed by atoms with Gasteiger partial charge in [0.15, 0.2) is 11.5 Å². The van der Waals surface area contributed by atoms with Crippen molar-refractivity contribution in [3.63, 3.8) is 0 Å². The fourth-order valence-electron chi connectivity index (χ4n) is 3.97. The van der Waals surface area contributed by atoms with Gasteiger partial charge in [0.2, 0.25) is 5.95 Å². The molecule has 33 heavy (non-hydrogen) atoms. The molecule has 0 aliphatic carbocycles. The van der Waals surface area contributed by atoms with Gasteiger partial charge in [-0.25, -0.2) is 19.2 Å². The number of guanidine groups is 1. The Morgan fingerprint density at radius 1 is 1.18 bits per heavy atom. The number of carbonyl (C=O) groups excluding carboxylic acids is 2.